The zero-order chi connectivity index (χ0) is 34.2. The molecule has 0 unspecified atom stereocenters. The van der Waals surface area contributed by atoms with Crippen LogP contribution in [-0.4, -0.2) is 15.0 Å². The molecule has 0 fully saturated rings. The van der Waals surface area contributed by atoms with Gasteiger partial charge >= 0.3 is 0 Å². The van der Waals surface area contributed by atoms with Crippen LogP contribution in [0.1, 0.15) is 0 Å². The lowest BCUT2D eigenvalue weighted by Crippen LogP contribution is -2.00. The molecule has 5 heteroatoms. The first-order valence-corrected chi connectivity index (χ1v) is 18.2. The van der Waals surface area contributed by atoms with Crippen molar-refractivity contribution in [2.75, 3.05) is 0 Å². The summed E-state index contributed by atoms with van der Waals surface area (Å²) in [4.78, 5) is 15.6. The van der Waals surface area contributed by atoms with E-state index in [1.165, 1.54) is 47.5 Å². The minimum atomic E-state index is 0.599. The Bertz CT molecular complexity index is 3180. The molecule has 0 amide bonds. The van der Waals surface area contributed by atoms with Crippen LogP contribution in [0.2, 0.25) is 0 Å². The highest BCUT2D eigenvalue weighted by molar-refractivity contribution is 7.27. The number of furan rings is 1. The lowest BCUT2D eigenvalue weighted by atomic mass is 9.95. The van der Waals surface area contributed by atoms with E-state index in [1.807, 2.05) is 47.7 Å². The molecule has 0 atom stereocenters. The van der Waals surface area contributed by atoms with Crippen molar-refractivity contribution in [1.29, 1.82) is 0 Å². The van der Waals surface area contributed by atoms with Gasteiger partial charge in [0.15, 0.2) is 17.5 Å². The number of aromatic nitrogens is 3. The van der Waals surface area contributed by atoms with Crippen molar-refractivity contribution >= 4 is 75.0 Å². The fourth-order valence-corrected chi connectivity index (χ4v) is 9.06. The van der Waals surface area contributed by atoms with Crippen LogP contribution in [0.5, 0.6) is 0 Å². The van der Waals surface area contributed by atoms with Crippen LogP contribution in [0.3, 0.4) is 0 Å². The van der Waals surface area contributed by atoms with E-state index in [1.54, 1.807) is 0 Å². The van der Waals surface area contributed by atoms with E-state index in [0.717, 1.165) is 44.0 Å². The summed E-state index contributed by atoms with van der Waals surface area (Å²) in [5, 5.41) is 9.34. The van der Waals surface area contributed by atoms with Gasteiger partial charge in [-0.15, -0.1) is 11.3 Å². The van der Waals surface area contributed by atoms with Crippen molar-refractivity contribution in [3.63, 3.8) is 0 Å². The van der Waals surface area contributed by atoms with Gasteiger partial charge in [0.2, 0.25) is 0 Å². The second-order valence-electron chi connectivity index (χ2n) is 13.1. The van der Waals surface area contributed by atoms with Crippen LogP contribution in [0, 0.1) is 0 Å². The molecule has 0 saturated heterocycles. The first-order valence-electron chi connectivity index (χ1n) is 17.4. The summed E-state index contributed by atoms with van der Waals surface area (Å²) >= 11 is 1.87. The third kappa shape index (κ3) is 4.50. The maximum Gasteiger partial charge on any atom is 0.164 e. The van der Waals surface area contributed by atoms with Gasteiger partial charge in [-0.3, -0.25) is 0 Å². The molecule has 3 aromatic heterocycles. The Morgan fingerprint density at radius 2 is 1.02 bits per heavy atom. The molecule has 0 aliphatic carbocycles. The molecule has 0 radical (unpaired) electrons. The highest BCUT2D eigenvalue weighted by Gasteiger charge is 2.21. The molecule has 0 spiro atoms. The topological polar surface area (TPSA) is 51.8 Å². The fraction of sp³-hybridized carbons (Fsp3) is 0. The largest absolute Gasteiger partial charge is 0.456 e. The van der Waals surface area contributed by atoms with E-state index < -0.39 is 0 Å². The quantitative estimate of drug-likeness (QED) is 0.174. The highest BCUT2D eigenvalue weighted by atomic mass is 32.1. The Morgan fingerprint density at radius 3 is 1.87 bits per heavy atom. The van der Waals surface area contributed by atoms with Gasteiger partial charge in [0, 0.05) is 53.0 Å². The van der Waals surface area contributed by atoms with E-state index in [0.29, 0.717) is 17.5 Å². The minimum Gasteiger partial charge on any atom is -0.456 e. The van der Waals surface area contributed by atoms with Gasteiger partial charge in [0.05, 0.1) is 0 Å². The maximum absolute atomic E-state index is 6.29. The predicted octanol–water partition coefficient (Wildman–Crippen LogP) is 13.1. The molecule has 0 aliphatic rings. The number of benzene rings is 8. The molecule has 4 nitrogen and oxygen atoms in total. The molecule has 242 valence electrons. The lowest BCUT2D eigenvalue weighted by Gasteiger charge is -2.13. The number of fused-ring (bicyclic) bond motifs is 10. The molecule has 0 N–H and O–H groups in total. The second kappa shape index (κ2) is 11.4. The summed E-state index contributed by atoms with van der Waals surface area (Å²) in [7, 11) is 0. The van der Waals surface area contributed by atoms with Crippen molar-refractivity contribution < 1.29 is 4.42 Å². The van der Waals surface area contributed by atoms with Gasteiger partial charge in [0.25, 0.3) is 0 Å². The molecular weight excluding hydrogens is 655 g/mol. The summed E-state index contributed by atoms with van der Waals surface area (Å²) in [6.07, 6.45) is 0. The first-order chi connectivity index (χ1) is 25.8. The molecule has 52 heavy (non-hydrogen) atoms. The molecule has 0 aliphatic heterocycles. The van der Waals surface area contributed by atoms with Gasteiger partial charge < -0.3 is 4.42 Å². The van der Waals surface area contributed by atoms with E-state index >= 15 is 0 Å². The highest BCUT2D eigenvalue weighted by Crippen LogP contribution is 2.47. The van der Waals surface area contributed by atoms with Crippen LogP contribution in [-0.2, 0) is 0 Å². The number of rotatable bonds is 4. The third-order valence-electron chi connectivity index (χ3n) is 10.1. The van der Waals surface area contributed by atoms with Crippen molar-refractivity contribution in [3.8, 4) is 45.3 Å². The summed E-state index contributed by atoms with van der Waals surface area (Å²) in [5.74, 6) is 1.86. The average Bonchev–Trinajstić information content (AvgIpc) is 3.79. The Balaban J connectivity index is 1.22. The molecule has 11 rings (SSSR count). The monoisotopic (exact) mass is 681 g/mol. The van der Waals surface area contributed by atoms with Gasteiger partial charge in [-0.1, -0.05) is 140 Å². The molecule has 11 aromatic rings. The number of hydrogen-bond donors (Lipinski definition) is 0. The van der Waals surface area contributed by atoms with Crippen molar-refractivity contribution in [1.82, 2.24) is 15.0 Å². The standard InChI is InChI=1S/C47H27N3OS/c1-3-12-28(13-4-1)33-19-11-20-37-38-27-39(36-25-22-29-14-7-8-17-32(29)42(36)44(38)52-43(33)37)47-49-45(30-15-5-2-6-16-30)48-46(50-47)31-23-24-35-34-18-9-10-21-40(34)51-41(35)26-31/h1-27H. The van der Waals surface area contributed by atoms with Crippen LogP contribution in [0.25, 0.3) is 109 Å². The summed E-state index contributed by atoms with van der Waals surface area (Å²) in [6, 6.07) is 57.3. The van der Waals surface area contributed by atoms with Crippen molar-refractivity contribution in [2.24, 2.45) is 0 Å². The Labute approximate surface area is 302 Å². The van der Waals surface area contributed by atoms with E-state index in [4.69, 9.17) is 19.4 Å². The molecule has 0 bridgehead atoms. The average molecular weight is 682 g/mol. The SMILES string of the molecule is c1ccc(-c2nc(-c3ccc4c(c3)oc3ccccc34)nc(-c3cc4c5cccc(-c6ccccc6)c5sc4c4c3ccc3ccccc34)n2)cc1. The lowest BCUT2D eigenvalue weighted by molar-refractivity contribution is 0.669. The summed E-state index contributed by atoms with van der Waals surface area (Å²) in [6.45, 7) is 0. The maximum atomic E-state index is 6.29. The fourth-order valence-electron chi connectivity index (χ4n) is 7.67. The van der Waals surface area contributed by atoms with Gasteiger partial charge in [-0.25, -0.2) is 15.0 Å². The number of thiophene rings is 1. The van der Waals surface area contributed by atoms with Crippen molar-refractivity contribution in [2.45, 2.75) is 0 Å². The van der Waals surface area contributed by atoms with Crippen LogP contribution < -0.4 is 0 Å². The second-order valence-corrected chi connectivity index (χ2v) is 14.2. The number of para-hydroxylation sites is 1. The van der Waals surface area contributed by atoms with E-state index in [9.17, 15) is 0 Å². The third-order valence-corrected chi connectivity index (χ3v) is 11.4. The van der Waals surface area contributed by atoms with Gasteiger partial charge in [-0.2, -0.15) is 0 Å². The van der Waals surface area contributed by atoms with Gasteiger partial charge in [0.1, 0.15) is 11.2 Å². The number of nitrogens with zero attached hydrogens (tertiary/aromatic N) is 3. The Kier molecular flexibility index (Phi) is 6.39. The molecule has 8 aromatic carbocycles. The molecular formula is C47H27N3OS. The first kappa shape index (κ1) is 29.1. The van der Waals surface area contributed by atoms with Gasteiger partial charge in [-0.05, 0) is 51.6 Å². The zero-order valence-corrected chi connectivity index (χ0v) is 28.6. The summed E-state index contributed by atoms with van der Waals surface area (Å²) < 4.78 is 8.83. The Morgan fingerprint density at radius 1 is 0.365 bits per heavy atom. The Hall–Kier alpha value is -6.69. The van der Waals surface area contributed by atoms with E-state index in [2.05, 4.69) is 127 Å². The number of hydrogen-bond acceptors (Lipinski definition) is 5. The van der Waals surface area contributed by atoms with Crippen LogP contribution >= 0.6 is 11.3 Å². The van der Waals surface area contributed by atoms with Crippen molar-refractivity contribution in [3.05, 3.63) is 164 Å². The molecule has 0 saturated carbocycles. The molecule has 3 heterocycles. The smallest absolute Gasteiger partial charge is 0.164 e. The van der Waals surface area contributed by atoms with E-state index in [-0.39, 0.29) is 0 Å². The zero-order valence-electron chi connectivity index (χ0n) is 27.7. The minimum absolute atomic E-state index is 0.599. The predicted molar refractivity (Wildman–Crippen MR) is 217 cm³/mol. The van der Waals surface area contributed by atoms with Crippen LogP contribution in [0.15, 0.2) is 168 Å². The summed E-state index contributed by atoms with van der Waals surface area (Å²) in [5.41, 5.74) is 6.90. The normalized spacial score (nSPS) is 11.8. The van der Waals surface area contributed by atoms with Crippen LogP contribution in [0.4, 0.5) is 0 Å².